The van der Waals surface area contributed by atoms with E-state index in [4.69, 9.17) is 0 Å². The number of hydrogen-bond donors (Lipinski definition) is 0. The number of anilines is 1. The van der Waals surface area contributed by atoms with Crippen LogP contribution in [0, 0.1) is 20.8 Å². The Morgan fingerprint density at radius 1 is 0.957 bits per heavy atom. The molecule has 4 nitrogen and oxygen atoms in total. The predicted molar refractivity (Wildman–Crippen MR) is 92.6 cm³/mol. The van der Waals surface area contributed by atoms with E-state index in [0.717, 1.165) is 37.0 Å². The Kier molecular flexibility index (Phi) is 3.57. The third kappa shape index (κ3) is 2.83. The molecule has 2 atom stereocenters. The molecule has 1 aromatic heterocycles. The van der Waals surface area contributed by atoms with Crippen molar-refractivity contribution in [2.75, 3.05) is 18.0 Å². The monoisotopic (exact) mass is 308 g/mol. The molecule has 23 heavy (non-hydrogen) atoms. The molecule has 2 unspecified atom stereocenters. The third-order valence-corrected chi connectivity index (χ3v) is 5.08. The number of benzene rings is 1. The lowest BCUT2D eigenvalue weighted by Crippen LogP contribution is -2.68. The van der Waals surface area contributed by atoms with Crippen molar-refractivity contribution in [3.63, 3.8) is 0 Å². The molecule has 5 rings (SSSR count). The maximum absolute atomic E-state index is 4.63. The van der Waals surface area contributed by atoms with Crippen LogP contribution in [0.3, 0.4) is 0 Å². The van der Waals surface area contributed by atoms with Crippen molar-refractivity contribution < 1.29 is 0 Å². The van der Waals surface area contributed by atoms with Gasteiger partial charge in [-0.15, -0.1) is 0 Å². The first-order valence-electron chi connectivity index (χ1n) is 8.47. The summed E-state index contributed by atoms with van der Waals surface area (Å²) in [5.74, 6) is 0.909. The van der Waals surface area contributed by atoms with Crippen LogP contribution in [0.25, 0.3) is 0 Å². The zero-order valence-corrected chi connectivity index (χ0v) is 14.2. The molecule has 0 saturated carbocycles. The molecule has 120 valence electrons. The van der Waals surface area contributed by atoms with Crippen LogP contribution in [0.1, 0.15) is 28.9 Å². The number of aromatic nitrogens is 2. The number of piperazine rings is 1. The van der Waals surface area contributed by atoms with Crippen LogP contribution < -0.4 is 4.90 Å². The van der Waals surface area contributed by atoms with Gasteiger partial charge in [0.05, 0.1) is 0 Å². The van der Waals surface area contributed by atoms with Crippen molar-refractivity contribution in [2.24, 2.45) is 0 Å². The van der Waals surface area contributed by atoms with E-state index in [-0.39, 0.29) is 0 Å². The third-order valence-electron chi connectivity index (χ3n) is 5.08. The summed E-state index contributed by atoms with van der Waals surface area (Å²) in [7, 11) is 0. The first-order valence-corrected chi connectivity index (χ1v) is 8.47. The Morgan fingerprint density at radius 3 is 2.17 bits per heavy atom. The molecule has 0 amide bonds. The summed E-state index contributed by atoms with van der Waals surface area (Å²) in [5, 5.41) is 0. The molecule has 1 aromatic carbocycles. The highest BCUT2D eigenvalue weighted by molar-refractivity contribution is 5.36. The first-order chi connectivity index (χ1) is 11.1. The van der Waals surface area contributed by atoms with Gasteiger partial charge in [0.2, 0.25) is 5.95 Å². The minimum Gasteiger partial charge on any atom is -0.338 e. The topological polar surface area (TPSA) is 32.3 Å². The predicted octanol–water partition coefficient (Wildman–Crippen LogP) is 2.86. The lowest BCUT2D eigenvalue weighted by atomic mass is 9.87. The summed E-state index contributed by atoms with van der Waals surface area (Å²) in [6.07, 6.45) is 1.31. The number of nitrogens with zero attached hydrogens (tertiary/aromatic N) is 4. The number of piperidine rings is 1. The van der Waals surface area contributed by atoms with Gasteiger partial charge in [-0.05, 0) is 38.8 Å². The molecular formula is C19H24N4. The average Bonchev–Trinajstić information content (AvgIpc) is 2.53. The van der Waals surface area contributed by atoms with Gasteiger partial charge in [0.1, 0.15) is 0 Å². The molecule has 0 N–H and O–H groups in total. The van der Waals surface area contributed by atoms with Gasteiger partial charge in [0.25, 0.3) is 0 Å². The summed E-state index contributed by atoms with van der Waals surface area (Å²) in [6.45, 7) is 9.40. The zero-order valence-electron chi connectivity index (χ0n) is 14.2. The highest BCUT2D eigenvalue weighted by atomic mass is 15.4. The van der Waals surface area contributed by atoms with Crippen molar-refractivity contribution in [1.82, 2.24) is 14.9 Å². The van der Waals surface area contributed by atoms with Gasteiger partial charge in [0, 0.05) is 43.1 Å². The van der Waals surface area contributed by atoms with Gasteiger partial charge < -0.3 is 4.90 Å². The molecule has 2 aromatic rings. The fraction of sp³-hybridized carbons (Fsp3) is 0.474. The summed E-state index contributed by atoms with van der Waals surface area (Å²) >= 11 is 0. The van der Waals surface area contributed by atoms with Crippen LogP contribution in [-0.2, 0) is 6.54 Å². The molecular weight excluding hydrogens is 284 g/mol. The second kappa shape index (κ2) is 5.60. The fourth-order valence-corrected chi connectivity index (χ4v) is 3.86. The van der Waals surface area contributed by atoms with E-state index in [1.807, 2.05) is 19.9 Å². The molecule has 4 heterocycles. The highest BCUT2D eigenvalue weighted by Crippen LogP contribution is 2.35. The van der Waals surface area contributed by atoms with E-state index in [1.165, 1.54) is 17.5 Å². The smallest absolute Gasteiger partial charge is 0.225 e. The maximum atomic E-state index is 4.63. The van der Waals surface area contributed by atoms with E-state index in [1.54, 1.807) is 0 Å². The van der Waals surface area contributed by atoms with Gasteiger partial charge in [-0.1, -0.05) is 29.8 Å². The number of fused-ring (bicyclic) bond motifs is 2. The number of hydrogen-bond acceptors (Lipinski definition) is 4. The molecule has 0 aliphatic carbocycles. The molecule has 3 fully saturated rings. The second-order valence-electron chi connectivity index (χ2n) is 7.06. The quantitative estimate of drug-likeness (QED) is 0.873. The van der Waals surface area contributed by atoms with Crippen LogP contribution >= 0.6 is 0 Å². The minimum absolute atomic E-state index is 0.638. The second-order valence-corrected chi connectivity index (χ2v) is 7.06. The van der Waals surface area contributed by atoms with Crippen LogP contribution in [0.5, 0.6) is 0 Å². The van der Waals surface area contributed by atoms with Gasteiger partial charge in [-0.3, -0.25) is 4.90 Å². The summed E-state index contributed by atoms with van der Waals surface area (Å²) in [5.41, 5.74) is 4.86. The Hall–Kier alpha value is -1.94. The largest absolute Gasteiger partial charge is 0.338 e. The number of rotatable bonds is 3. The van der Waals surface area contributed by atoms with Crippen molar-refractivity contribution in [2.45, 2.75) is 45.8 Å². The Morgan fingerprint density at radius 2 is 1.57 bits per heavy atom. The maximum Gasteiger partial charge on any atom is 0.225 e. The summed E-state index contributed by atoms with van der Waals surface area (Å²) in [6, 6.07) is 12.3. The highest BCUT2D eigenvalue weighted by Gasteiger charge is 2.44. The summed E-state index contributed by atoms with van der Waals surface area (Å²) < 4.78 is 0. The van der Waals surface area contributed by atoms with Crippen molar-refractivity contribution in [1.29, 1.82) is 0 Å². The molecule has 2 bridgehead atoms. The van der Waals surface area contributed by atoms with Gasteiger partial charge in [0.15, 0.2) is 0 Å². The van der Waals surface area contributed by atoms with Crippen molar-refractivity contribution in [3.05, 3.63) is 52.8 Å². The van der Waals surface area contributed by atoms with E-state index in [9.17, 15) is 0 Å². The normalized spacial score (nSPS) is 23.7. The molecule has 3 aliphatic heterocycles. The van der Waals surface area contributed by atoms with Gasteiger partial charge in [-0.2, -0.15) is 0 Å². The Balaban J connectivity index is 1.44. The lowest BCUT2D eigenvalue weighted by molar-refractivity contribution is -0.00897. The lowest BCUT2D eigenvalue weighted by Gasteiger charge is -2.56. The molecule has 3 aliphatic rings. The molecule has 3 saturated heterocycles. The Bertz CT molecular complexity index is 678. The standard InChI is InChI=1S/C19H24N4/c1-13-4-6-16(7-5-13)10-23-17-9-18(23)12-22(11-17)19-20-14(2)8-15(3)21-19/h4-8,17-18H,9-12H2,1-3H3. The SMILES string of the molecule is Cc1ccc(CN2C3CC2CN(c2nc(C)cc(C)n2)C3)cc1. The van der Waals surface area contributed by atoms with Crippen LogP contribution in [-0.4, -0.2) is 40.0 Å². The summed E-state index contributed by atoms with van der Waals surface area (Å²) in [4.78, 5) is 14.3. The van der Waals surface area contributed by atoms with Gasteiger partial charge in [-0.25, -0.2) is 9.97 Å². The molecule has 0 spiro atoms. The van der Waals surface area contributed by atoms with Crippen LogP contribution in [0.15, 0.2) is 30.3 Å². The van der Waals surface area contributed by atoms with Crippen molar-refractivity contribution in [3.8, 4) is 0 Å². The molecule has 0 radical (unpaired) electrons. The number of aryl methyl sites for hydroxylation is 3. The molecule has 4 heteroatoms. The van der Waals surface area contributed by atoms with E-state index < -0.39 is 0 Å². The zero-order chi connectivity index (χ0) is 16.0. The van der Waals surface area contributed by atoms with E-state index in [2.05, 4.69) is 51.0 Å². The van der Waals surface area contributed by atoms with Crippen LogP contribution in [0.4, 0.5) is 5.95 Å². The van der Waals surface area contributed by atoms with E-state index >= 15 is 0 Å². The Labute approximate surface area is 138 Å². The average molecular weight is 308 g/mol. The van der Waals surface area contributed by atoms with E-state index in [0.29, 0.717) is 12.1 Å². The van der Waals surface area contributed by atoms with Gasteiger partial charge >= 0.3 is 0 Å². The van der Waals surface area contributed by atoms with Crippen molar-refractivity contribution >= 4 is 5.95 Å². The van der Waals surface area contributed by atoms with Crippen LogP contribution in [0.2, 0.25) is 0 Å². The fourth-order valence-electron chi connectivity index (χ4n) is 3.86. The first kappa shape index (κ1) is 14.6. The minimum atomic E-state index is 0.638.